The highest BCUT2D eigenvalue weighted by molar-refractivity contribution is 5.25. The zero-order valence-corrected chi connectivity index (χ0v) is 11.8. The maximum Gasteiger partial charge on any atom is 0.129 e. The van der Waals surface area contributed by atoms with Crippen LogP contribution in [0.2, 0.25) is 0 Å². The molecule has 0 saturated heterocycles. The zero-order chi connectivity index (χ0) is 15.1. The van der Waals surface area contributed by atoms with E-state index in [0.29, 0.717) is 12.1 Å². The van der Waals surface area contributed by atoms with E-state index in [1.54, 1.807) is 30.3 Å². The first-order chi connectivity index (χ1) is 10.2. The first-order valence-corrected chi connectivity index (χ1v) is 7.08. The zero-order valence-electron chi connectivity index (χ0n) is 11.8. The predicted molar refractivity (Wildman–Crippen MR) is 80.7 cm³/mol. The first kappa shape index (κ1) is 15.5. The summed E-state index contributed by atoms with van der Waals surface area (Å²) in [5, 5.41) is 22.2. The molecule has 1 atom stereocenters. The lowest BCUT2D eigenvalue weighted by Gasteiger charge is -2.13. The molecule has 3 nitrogen and oxygen atoms in total. The van der Waals surface area contributed by atoms with Gasteiger partial charge in [0.15, 0.2) is 0 Å². The number of rotatable bonds is 7. The van der Waals surface area contributed by atoms with Crippen LogP contribution in [0.4, 0.5) is 4.39 Å². The van der Waals surface area contributed by atoms with E-state index in [0.717, 1.165) is 24.9 Å². The largest absolute Gasteiger partial charge is 0.508 e. The van der Waals surface area contributed by atoms with Gasteiger partial charge in [-0.15, -0.1) is 0 Å². The molecule has 112 valence electrons. The third kappa shape index (κ3) is 4.85. The minimum absolute atomic E-state index is 0.268. The molecule has 0 unspecified atom stereocenters. The molecule has 0 aromatic heterocycles. The van der Waals surface area contributed by atoms with Crippen molar-refractivity contribution in [2.75, 3.05) is 13.1 Å². The van der Waals surface area contributed by atoms with Crippen LogP contribution >= 0.6 is 0 Å². The van der Waals surface area contributed by atoms with E-state index in [9.17, 15) is 14.6 Å². The molecule has 0 aliphatic heterocycles. The second kappa shape index (κ2) is 7.76. The van der Waals surface area contributed by atoms with Crippen molar-refractivity contribution in [1.29, 1.82) is 0 Å². The maximum atomic E-state index is 13.5. The van der Waals surface area contributed by atoms with Crippen molar-refractivity contribution in [2.45, 2.75) is 18.9 Å². The van der Waals surface area contributed by atoms with Crippen molar-refractivity contribution in [2.24, 2.45) is 0 Å². The summed E-state index contributed by atoms with van der Waals surface area (Å²) in [7, 11) is 0. The lowest BCUT2D eigenvalue weighted by atomic mass is 10.1. The fourth-order valence-corrected chi connectivity index (χ4v) is 2.17. The fraction of sp³-hybridized carbons (Fsp3) is 0.294. The number of hydrogen-bond acceptors (Lipinski definition) is 3. The number of aromatic hydroxyl groups is 1. The third-order valence-electron chi connectivity index (χ3n) is 3.36. The smallest absolute Gasteiger partial charge is 0.129 e. The molecule has 0 heterocycles. The van der Waals surface area contributed by atoms with Crippen molar-refractivity contribution in [3.05, 3.63) is 65.5 Å². The highest BCUT2D eigenvalue weighted by Crippen LogP contribution is 2.15. The van der Waals surface area contributed by atoms with Gasteiger partial charge in [-0.3, -0.25) is 0 Å². The normalized spacial score (nSPS) is 12.3. The molecule has 0 radical (unpaired) electrons. The van der Waals surface area contributed by atoms with Crippen LogP contribution in [0.3, 0.4) is 0 Å². The summed E-state index contributed by atoms with van der Waals surface area (Å²) in [6, 6.07) is 13.4. The second-order valence-electron chi connectivity index (χ2n) is 5.01. The number of aryl methyl sites for hydroxylation is 1. The predicted octanol–water partition coefficient (Wildman–Crippen LogP) is 2.79. The first-order valence-electron chi connectivity index (χ1n) is 7.08. The van der Waals surface area contributed by atoms with Crippen LogP contribution in [-0.4, -0.2) is 23.3 Å². The Hall–Kier alpha value is -1.91. The highest BCUT2D eigenvalue weighted by atomic mass is 19.1. The van der Waals surface area contributed by atoms with E-state index in [1.807, 2.05) is 12.1 Å². The number of hydrogen-bond donors (Lipinski definition) is 3. The van der Waals surface area contributed by atoms with Gasteiger partial charge in [0.25, 0.3) is 0 Å². The average Bonchev–Trinajstić information content (AvgIpc) is 2.49. The van der Waals surface area contributed by atoms with Crippen molar-refractivity contribution in [1.82, 2.24) is 5.32 Å². The maximum absolute atomic E-state index is 13.5. The van der Waals surface area contributed by atoms with Crippen LogP contribution in [0.5, 0.6) is 5.75 Å². The van der Waals surface area contributed by atoms with Gasteiger partial charge in [-0.05, 0) is 43.1 Å². The molecule has 0 saturated carbocycles. The number of phenolic OH excluding ortho intramolecular Hbond substituents is 1. The quantitative estimate of drug-likeness (QED) is 0.687. The summed E-state index contributed by atoms with van der Waals surface area (Å²) < 4.78 is 13.5. The Morgan fingerprint density at radius 2 is 1.76 bits per heavy atom. The van der Waals surface area contributed by atoms with Gasteiger partial charge in [0.1, 0.15) is 11.6 Å². The van der Waals surface area contributed by atoms with Crippen LogP contribution in [0.1, 0.15) is 23.7 Å². The number of aliphatic hydroxyl groups is 1. The van der Waals surface area contributed by atoms with Crippen LogP contribution in [0.15, 0.2) is 48.5 Å². The van der Waals surface area contributed by atoms with Crippen LogP contribution in [-0.2, 0) is 6.42 Å². The van der Waals surface area contributed by atoms with E-state index in [-0.39, 0.29) is 11.6 Å². The second-order valence-corrected chi connectivity index (χ2v) is 5.01. The number of nitrogens with one attached hydrogen (secondary N) is 1. The summed E-state index contributed by atoms with van der Waals surface area (Å²) in [5.74, 6) is -0.110. The molecule has 2 rings (SSSR count). The summed E-state index contributed by atoms with van der Waals surface area (Å²) in [6.07, 6.45) is 0.970. The van der Waals surface area contributed by atoms with E-state index >= 15 is 0 Å². The Labute approximate surface area is 124 Å². The molecule has 0 aliphatic carbocycles. The minimum Gasteiger partial charge on any atom is -0.508 e. The standard InChI is InChI=1S/C17H20FNO2/c18-16-6-2-1-5-15(16)17(21)12-19-11-3-4-13-7-9-14(20)10-8-13/h1-2,5-10,17,19-21H,3-4,11-12H2/t17-/m0/s1. The van der Waals surface area contributed by atoms with Crippen molar-refractivity contribution < 1.29 is 14.6 Å². The Morgan fingerprint density at radius 1 is 1.05 bits per heavy atom. The van der Waals surface area contributed by atoms with Crippen LogP contribution in [0, 0.1) is 5.82 Å². The van der Waals surface area contributed by atoms with E-state index in [2.05, 4.69) is 5.32 Å². The molecule has 4 heteroatoms. The van der Waals surface area contributed by atoms with Crippen molar-refractivity contribution in [3.8, 4) is 5.75 Å². The SMILES string of the molecule is Oc1ccc(CCCNC[C@H](O)c2ccccc2F)cc1. The highest BCUT2D eigenvalue weighted by Gasteiger charge is 2.11. The van der Waals surface area contributed by atoms with Crippen LogP contribution < -0.4 is 5.32 Å². The lowest BCUT2D eigenvalue weighted by molar-refractivity contribution is 0.170. The third-order valence-corrected chi connectivity index (χ3v) is 3.36. The molecule has 2 aromatic carbocycles. The number of aliphatic hydroxyl groups excluding tert-OH is 1. The molecule has 3 N–H and O–H groups in total. The Bertz CT molecular complexity index is 557. The summed E-state index contributed by atoms with van der Waals surface area (Å²) in [4.78, 5) is 0. The van der Waals surface area contributed by atoms with Gasteiger partial charge in [-0.2, -0.15) is 0 Å². The molecular weight excluding hydrogens is 269 g/mol. The van der Waals surface area contributed by atoms with Gasteiger partial charge in [-0.1, -0.05) is 30.3 Å². The minimum atomic E-state index is -0.833. The molecule has 2 aromatic rings. The number of halogens is 1. The van der Waals surface area contributed by atoms with E-state index in [1.165, 1.54) is 6.07 Å². The van der Waals surface area contributed by atoms with Crippen LogP contribution in [0.25, 0.3) is 0 Å². The molecule has 0 amide bonds. The van der Waals surface area contributed by atoms with Crippen molar-refractivity contribution >= 4 is 0 Å². The molecule has 0 bridgehead atoms. The summed E-state index contributed by atoms with van der Waals surface area (Å²) >= 11 is 0. The Morgan fingerprint density at radius 3 is 2.48 bits per heavy atom. The fourth-order valence-electron chi connectivity index (χ4n) is 2.17. The Balaban J connectivity index is 1.68. The summed E-state index contributed by atoms with van der Waals surface area (Å²) in [5.41, 5.74) is 1.48. The van der Waals surface area contributed by atoms with E-state index in [4.69, 9.17) is 0 Å². The number of phenols is 1. The average molecular weight is 289 g/mol. The molecule has 21 heavy (non-hydrogen) atoms. The molecule has 0 aliphatic rings. The monoisotopic (exact) mass is 289 g/mol. The molecule has 0 fully saturated rings. The van der Waals surface area contributed by atoms with Gasteiger partial charge in [0.05, 0.1) is 6.10 Å². The molecular formula is C17H20FNO2. The van der Waals surface area contributed by atoms with Gasteiger partial charge < -0.3 is 15.5 Å². The lowest BCUT2D eigenvalue weighted by Crippen LogP contribution is -2.23. The molecule has 0 spiro atoms. The topological polar surface area (TPSA) is 52.5 Å². The Kier molecular flexibility index (Phi) is 5.72. The van der Waals surface area contributed by atoms with Gasteiger partial charge >= 0.3 is 0 Å². The van der Waals surface area contributed by atoms with Crippen molar-refractivity contribution in [3.63, 3.8) is 0 Å². The summed E-state index contributed by atoms with van der Waals surface area (Å²) in [6.45, 7) is 1.07. The van der Waals surface area contributed by atoms with E-state index < -0.39 is 6.10 Å². The van der Waals surface area contributed by atoms with Gasteiger partial charge in [0, 0.05) is 12.1 Å². The number of benzene rings is 2. The van der Waals surface area contributed by atoms with Gasteiger partial charge in [0.2, 0.25) is 0 Å². The van der Waals surface area contributed by atoms with Gasteiger partial charge in [-0.25, -0.2) is 4.39 Å².